The maximum Gasteiger partial charge on any atom is 0.406 e. The zero-order valence-corrected chi connectivity index (χ0v) is 10.6. The van der Waals surface area contributed by atoms with Crippen LogP contribution in [0.4, 0.5) is 5.82 Å². The van der Waals surface area contributed by atoms with E-state index in [0.29, 0.717) is 13.0 Å². The van der Waals surface area contributed by atoms with E-state index in [1.54, 1.807) is 6.07 Å². The minimum absolute atomic E-state index is 0.106. The van der Waals surface area contributed by atoms with Crippen molar-refractivity contribution in [2.75, 3.05) is 6.61 Å². The van der Waals surface area contributed by atoms with E-state index in [2.05, 4.69) is 4.98 Å². The number of rotatable bonds is 6. The van der Waals surface area contributed by atoms with Crippen molar-refractivity contribution in [1.29, 1.82) is 0 Å². The van der Waals surface area contributed by atoms with Crippen LogP contribution in [0.5, 0.6) is 5.75 Å². The molecule has 0 amide bonds. The standard InChI is InChI=1S/C12H16N2O5/c1-2-6-18-11-8(15)7-10(11)19-9-4-3-5-13-12(9)14(16)17/h3-5,8,10-11,15H,2,6-7H2,1H3. The van der Waals surface area contributed by atoms with Crippen LogP contribution in [0.3, 0.4) is 0 Å². The highest BCUT2D eigenvalue weighted by atomic mass is 16.6. The lowest BCUT2D eigenvalue weighted by atomic mass is 9.88. The van der Waals surface area contributed by atoms with Gasteiger partial charge in [0.1, 0.15) is 18.4 Å². The smallest absolute Gasteiger partial charge is 0.406 e. The molecule has 0 spiro atoms. The average Bonchev–Trinajstić information content (AvgIpc) is 2.39. The highest BCUT2D eigenvalue weighted by Crippen LogP contribution is 2.32. The van der Waals surface area contributed by atoms with Crippen molar-refractivity contribution >= 4 is 5.82 Å². The van der Waals surface area contributed by atoms with Crippen LogP contribution in [0.15, 0.2) is 18.3 Å². The van der Waals surface area contributed by atoms with Gasteiger partial charge in [-0.15, -0.1) is 0 Å². The summed E-state index contributed by atoms with van der Waals surface area (Å²) >= 11 is 0. The van der Waals surface area contributed by atoms with E-state index in [1.807, 2.05) is 6.92 Å². The predicted molar refractivity (Wildman–Crippen MR) is 66.0 cm³/mol. The number of pyridine rings is 1. The molecule has 1 saturated carbocycles. The molecule has 1 aliphatic rings. The van der Waals surface area contributed by atoms with Gasteiger partial charge in [0.05, 0.1) is 6.10 Å². The van der Waals surface area contributed by atoms with Crippen LogP contribution >= 0.6 is 0 Å². The predicted octanol–water partition coefficient (Wildman–Crippen LogP) is 1.30. The molecule has 1 aromatic rings. The largest absolute Gasteiger partial charge is 0.479 e. The minimum Gasteiger partial charge on any atom is -0.479 e. The van der Waals surface area contributed by atoms with E-state index in [1.165, 1.54) is 12.3 Å². The van der Waals surface area contributed by atoms with Crippen molar-refractivity contribution in [1.82, 2.24) is 4.98 Å². The van der Waals surface area contributed by atoms with E-state index in [0.717, 1.165) is 6.42 Å². The van der Waals surface area contributed by atoms with Crippen LogP contribution in [0.2, 0.25) is 0 Å². The molecular weight excluding hydrogens is 252 g/mol. The SMILES string of the molecule is CCCOC1C(O)CC1Oc1cccnc1[N+](=O)[O-]. The van der Waals surface area contributed by atoms with Gasteiger partial charge in [0.15, 0.2) is 0 Å². The molecule has 1 heterocycles. The number of nitro groups is 1. The van der Waals surface area contributed by atoms with Gasteiger partial charge in [-0.3, -0.25) is 0 Å². The number of hydrogen-bond acceptors (Lipinski definition) is 6. The van der Waals surface area contributed by atoms with Crippen molar-refractivity contribution in [3.8, 4) is 5.75 Å². The summed E-state index contributed by atoms with van der Waals surface area (Å²) in [5.41, 5.74) is 0. The van der Waals surface area contributed by atoms with Gasteiger partial charge in [-0.05, 0) is 28.5 Å². The fourth-order valence-corrected chi connectivity index (χ4v) is 1.92. The van der Waals surface area contributed by atoms with Crippen molar-refractivity contribution in [3.05, 3.63) is 28.4 Å². The fourth-order valence-electron chi connectivity index (χ4n) is 1.92. The van der Waals surface area contributed by atoms with Crippen LogP contribution in [-0.2, 0) is 4.74 Å². The zero-order chi connectivity index (χ0) is 13.8. The maximum atomic E-state index is 10.8. The molecule has 1 fully saturated rings. The molecule has 19 heavy (non-hydrogen) atoms. The summed E-state index contributed by atoms with van der Waals surface area (Å²) in [5.74, 6) is -0.215. The van der Waals surface area contributed by atoms with Gasteiger partial charge in [0.2, 0.25) is 5.75 Å². The molecule has 1 aromatic heterocycles. The first kappa shape index (κ1) is 13.7. The van der Waals surface area contributed by atoms with Crippen molar-refractivity contribution < 1.29 is 19.5 Å². The molecule has 3 unspecified atom stereocenters. The molecule has 0 aromatic carbocycles. The monoisotopic (exact) mass is 268 g/mol. The molecule has 2 rings (SSSR count). The number of aliphatic hydroxyl groups is 1. The van der Waals surface area contributed by atoms with Gasteiger partial charge in [0.25, 0.3) is 0 Å². The molecule has 0 aliphatic heterocycles. The highest BCUT2D eigenvalue weighted by Gasteiger charge is 2.43. The quantitative estimate of drug-likeness (QED) is 0.617. The van der Waals surface area contributed by atoms with Crippen molar-refractivity contribution in [2.24, 2.45) is 0 Å². The second-order valence-electron chi connectivity index (χ2n) is 4.38. The summed E-state index contributed by atoms with van der Waals surface area (Å²) in [6.45, 7) is 2.49. The van der Waals surface area contributed by atoms with E-state index < -0.39 is 17.1 Å². The Kier molecular flexibility index (Phi) is 4.28. The first-order valence-electron chi connectivity index (χ1n) is 6.19. The number of ether oxygens (including phenoxy) is 2. The molecule has 7 nitrogen and oxygen atoms in total. The normalized spacial score (nSPS) is 25.7. The lowest BCUT2D eigenvalue weighted by molar-refractivity contribution is -0.391. The summed E-state index contributed by atoms with van der Waals surface area (Å²) in [6.07, 6.45) is 1.20. The lowest BCUT2D eigenvalue weighted by Gasteiger charge is -2.40. The highest BCUT2D eigenvalue weighted by molar-refractivity contribution is 5.38. The van der Waals surface area contributed by atoms with Gasteiger partial charge >= 0.3 is 5.82 Å². The minimum atomic E-state index is -0.591. The molecule has 0 saturated heterocycles. The first-order chi connectivity index (χ1) is 9.13. The Morgan fingerprint density at radius 3 is 3.05 bits per heavy atom. The molecule has 104 valence electrons. The van der Waals surface area contributed by atoms with E-state index in [-0.39, 0.29) is 17.7 Å². The van der Waals surface area contributed by atoms with Crippen molar-refractivity contribution in [2.45, 2.75) is 38.1 Å². The van der Waals surface area contributed by atoms with Crippen LogP contribution in [0, 0.1) is 10.1 Å². The number of aliphatic hydroxyl groups excluding tert-OH is 1. The van der Waals surface area contributed by atoms with Gasteiger partial charge in [-0.1, -0.05) is 6.92 Å². The summed E-state index contributed by atoms with van der Waals surface area (Å²) in [4.78, 5) is 13.9. The fraction of sp³-hybridized carbons (Fsp3) is 0.583. The van der Waals surface area contributed by atoms with E-state index >= 15 is 0 Å². The number of aromatic nitrogens is 1. The second kappa shape index (κ2) is 5.94. The molecule has 1 aliphatic carbocycles. The second-order valence-corrected chi connectivity index (χ2v) is 4.38. The third-order valence-corrected chi connectivity index (χ3v) is 2.94. The lowest BCUT2D eigenvalue weighted by Crippen LogP contribution is -2.55. The summed E-state index contributed by atoms with van der Waals surface area (Å²) in [6, 6.07) is 3.06. The Hall–Kier alpha value is -1.73. The molecule has 0 radical (unpaired) electrons. The molecule has 1 N–H and O–H groups in total. The molecule has 7 heteroatoms. The van der Waals surface area contributed by atoms with Gasteiger partial charge in [-0.25, -0.2) is 0 Å². The van der Waals surface area contributed by atoms with Gasteiger partial charge in [0, 0.05) is 13.0 Å². The Morgan fingerprint density at radius 1 is 1.63 bits per heavy atom. The van der Waals surface area contributed by atoms with Crippen LogP contribution in [0.1, 0.15) is 19.8 Å². The Bertz CT molecular complexity index is 454. The molecule has 0 bridgehead atoms. The van der Waals surface area contributed by atoms with Gasteiger partial charge in [-0.2, -0.15) is 0 Å². The first-order valence-corrected chi connectivity index (χ1v) is 6.19. The summed E-state index contributed by atoms with van der Waals surface area (Å²) < 4.78 is 11.0. The molecule has 3 atom stereocenters. The van der Waals surface area contributed by atoms with Gasteiger partial charge < -0.3 is 24.7 Å². The maximum absolute atomic E-state index is 10.8. The van der Waals surface area contributed by atoms with Crippen molar-refractivity contribution in [3.63, 3.8) is 0 Å². The number of hydrogen-bond donors (Lipinski definition) is 1. The Balaban J connectivity index is 2.03. The average molecular weight is 268 g/mol. The van der Waals surface area contributed by atoms with Crippen LogP contribution < -0.4 is 4.74 Å². The van der Waals surface area contributed by atoms with E-state index in [4.69, 9.17) is 9.47 Å². The third-order valence-electron chi connectivity index (χ3n) is 2.94. The van der Waals surface area contributed by atoms with Crippen LogP contribution in [-0.4, -0.2) is 39.9 Å². The topological polar surface area (TPSA) is 94.7 Å². The Morgan fingerprint density at radius 2 is 2.42 bits per heavy atom. The third kappa shape index (κ3) is 2.99. The zero-order valence-electron chi connectivity index (χ0n) is 10.6. The van der Waals surface area contributed by atoms with Crippen LogP contribution in [0.25, 0.3) is 0 Å². The molecular formula is C12H16N2O5. The summed E-state index contributed by atoms with van der Waals surface area (Å²) in [5, 5.41) is 20.4. The summed E-state index contributed by atoms with van der Waals surface area (Å²) in [7, 11) is 0. The Labute approximate surface area is 110 Å². The van der Waals surface area contributed by atoms with E-state index in [9.17, 15) is 15.2 Å². The number of nitrogens with zero attached hydrogens (tertiary/aromatic N) is 2.